The summed E-state index contributed by atoms with van der Waals surface area (Å²) < 4.78 is 45.8. The number of benzene rings is 1. The molecule has 0 aromatic heterocycles. The van der Waals surface area contributed by atoms with E-state index in [0.717, 1.165) is 0 Å². The summed E-state index contributed by atoms with van der Waals surface area (Å²) >= 11 is 0. The van der Waals surface area contributed by atoms with E-state index < -0.39 is 6.36 Å². The minimum Gasteiger partial charge on any atom is -0.406 e. The first-order valence-corrected chi connectivity index (χ1v) is 6.71. The van der Waals surface area contributed by atoms with E-state index in [1.54, 1.807) is 19.2 Å². The smallest absolute Gasteiger partial charge is 0.406 e. The van der Waals surface area contributed by atoms with Gasteiger partial charge in [-0.25, -0.2) is 0 Å². The maximum atomic E-state index is 12.3. The second-order valence-corrected chi connectivity index (χ2v) is 4.67. The standard InChI is InChI=1S/C14H20F3N3O2.HI/c1-10(9-21-2)20-13(18)19-8-7-11-5-3-4-6-12(11)22-14(15,16)17;/h3-6,10H,7-9H2,1-2H3,(H3,18,19,20);1H. The van der Waals surface area contributed by atoms with Crippen LogP contribution in [0.1, 0.15) is 12.5 Å². The van der Waals surface area contributed by atoms with Crippen molar-refractivity contribution in [3.8, 4) is 5.75 Å². The average Bonchev–Trinajstić information content (AvgIpc) is 2.39. The highest BCUT2D eigenvalue weighted by atomic mass is 127. The summed E-state index contributed by atoms with van der Waals surface area (Å²) in [4.78, 5) is 4.07. The number of aliphatic imine (C=N–C) groups is 1. The van der Waals surface area contributed by atoms with Crippen molar-refractivity contribution in [3.05, 3.63) is 29.8 Å². The quantitative estimate of drug-likeness (QED) is 0.383. The van der Waals surface area contributed by atoms with Gasteiger partial charge in [0.1, 0.15) is 5.75 Å². The number of ether oxygens (including phenoxy) is 2. The van der Waals surface area contributed by atoms with Crippen molar-refractivity contribution in [1.82, 2.24) is 5.32 Å². The molecule has 0 radical (unpaired) electrons. The molecule has 1 aromatic carbocycles. The van der Waals surface area contributed by atoms with Gasteiger partial charge in [0.15, 0.2) is 5.96 Å². The Hall–Kier alpha value is -1.23. The Kier molecular flexibility index (Phi) is 9.96. The molecule has 132 valence electrons. The molecule has 1 rings (SSSR count). The van der Waals surface area contributed by atoms with Crippen LogP contribution in [-0.2, 0) is 11.2 Å². The van der Waals surface area contributed by atoms with Crippen molar-refractivity contribution >= 4 is 29.9 Å². The molecule has 0 aliphatic heterocycles. The van der Waals surface area contributed by atoms with Crippen LogP contribution in [0.4, 0.5) is 13.2 Å². The lowest BCUT2D eigenvalue weighted by molar-refractivity contribution is -0.274. The van der Waals surface area contributed by atoms with Crippen molar-refractivity contribution in [1.29, 1.82) is 0 Å². The summed E-state index contributed by atoms with van der Waals surface area (Å²) in [6, 6.07) is 5.96. The number of halogens is 4. The number of nitrogens with two attached hydrogens (primary N) is 1. The van der Waals surface area contributed by atoms with Crippen molar-refractivity contribution in [2.45, 2.75) is 25.7 Å². The SMILES string of the molecule is COCC(C)NC(N)=NCCc1ccccc1OC(F)(F)F.I. The number of hydrogen-bond donors (Lipinski definition) is 2. The zero-order valence-corrected chi connectivity index (χ0v) is 15.2. The number of rotatable bonds is 7. The highest BCUT2D eigenvalue weighted by Gasteiger charge is 2.31. The number of alkyl halides is 3. The third-order valence-corrected chi connectivity index (χ3v) is 2.67. The largest absolute Gasteiger partial charge is 0.573 e. The van der Waals surface area contributed by atoms with Crippen molar-refractivity contribution in [2.24, 2.45) is 10.7 Å². The molecule has 0 amide bonds. The zero-order chi connectivity index (χ0) is 16.6. The maximum absolute atomic E-state index is 12.3. The summed E-state index contributed by atoms with van der Waals surface area (Å²) in [7, 11) is 1.57. The minimum atomic E-state index is -4.71. The van der Waals surface area contributed by atoms with Crippen molar-refractivity contribution < 1.29 is 22.6 Å². The van der Waals surface area contributed by atoms with Crippen LogP contribution in [0.25, 0.3) is 0 Å². The van der Waals surface area contributed by atoms with Gasteiger partial charge in [0.2, 0.25) is 0 Å². The van der Waals surface area contributed by atoms with E-state index in [9.17, 15) is 13.2 Å². The third kappa shape index (κ3) is 9.49. The van der Waals surface area contributed by atoms with Crippen molar-refractivity contribution in [2.75, 3.05) is 20.3 Å². The summed E-state index contributed by atoms with van der Waals surface area (Å²) in [5.74, 6) is 0.00301. The summed E-state index contributed by atoms with van der Waals surface area (Å²) in [6.45, 7) is 2.59. The summed E-state index contributed by atoms with van der Waals surface area (Å²) in [5.41, 5.74) is 6.10. The maximum Gasteiger partial charge on any atom is 0.573 e. The Morgan fingerprint density at radius 3 is 2.61 bits per heavy atom. The fourth-order valence-electron chi connectivity index (χ4n) is 1.82. The van der Waals surface area contributed by atoms with Gasteiger partial charge < -0.3 is 20.5 Å². The van der Waals surface area contributed by atoms with Crippen LogP contribution in [0.2, 0.25) is 0 Å². The number of hydrogen-bond acceptors (Lipinski definition) is 3. The number of nitrogens with zero attached hydrogens (tertiary/aromatic N) is 1. The van der Waals surface area contributed by atoms with Crippen molar-refractivity contribution in [3.63, 3.8) is 0 Å². The lowest BCUT2D eigenvalue weighted by atomic mass is 10.1. The average molecular weight is 447 g/mol. The Morgan fingerprint density at radius 1 is 1.35 bits per heavy atom. The van der Waals surface area contributed by atoms with E-state index in [1.807, 2.05) is 6.92 Å². The van der Waals surface area contributed by atoms with E-state index in [2.05, 4.69) is 15.0 Å². The third-order valence-electron chi connectivity index (χ3n) is 2.67. The first-order chi connectivity index (χ1) is 10.3. The molecule has 0 heterocycles. The normalized spacial score (nSPS) is 13.2. The predicted molar refractivity (Wildman–Crippen MR) is 93.2 cm³/mol. The molecule has 0 bridgehead atoms. The first kappa shape index (κ1) is 21.8. The molecule has 1 unspecified atom stereocenters. The van der Waals surface area contributed by atoms with Gasteiger partial charge in [-0.3, -0.25) is 4.99 Å². The number of guanidine groups is 1. The number of methoxy groups -OCH3 is 1. The van der Waals surface area contributed by atoms with E-state index in [4.69, 9.17) is 10.5 Å². The van der Waals surface area contributed by atoms with E-state index in [1.165, 1.54) is 12.1 Å². The highest BCUT2D eigenvalue weighted by molar-refractivity contribution is 14.0. The van der Waals surface area contributed by atoms with Gasteiger partial charge in [0, 0.05) is 19.7 Å². The number of para-hydroxylation sites is 1. The second-order valence-electron chi connectivity index (χ2n) is 4.67. The Balaban J connectivity index is 0.00000484. The minimum absolute atomic E-state index is 0. The zero-order valence-electron chi connectivity index (χ0n) is 12.9. The van der Waals surface area contributed by atoms with E-state index in [-0.39, 0.29) is 54.7 Å². The van der Waals surface area contributed by atoms with Gasteiger partial charge in [-0.1, -0.05) is 18.2 Å². The Labute approximate surface area is 150 Å². The van der Waals surface area contributed by atoms with E-state index >= 15 is 0 Å². The molecule has 3 N–H and O–H groups in total. The molecule has 0 spiro atoms. The van der Waals surface area contributed by atoms with Crippen LogP contribution in [0.3, 0.4) is 0 Å². The fraction of sp³-hybridized carbons (Fsp3) is 0.500. The molecule has 0 aliphatic carbocycles. The van der Waals surface area contributed by atoms with E-state index in [0.29, 0.717) is 12.2 Å². The van der Waals surface area contributed by atoms with Crippen LogP contribution in [0.5, 0.6) is 5.75 Å². The lowest BCUT2D eigenvalue weighted by Crippen LogP contribution is -2.40. The second kappa shape index (κ2) is 10.5. The highest BCUT2D eigenvalue weighted by Crippen LogP contribution is 2.26. The lowest BCUT2D eigenvalue weighted by Gasteiger charge is -2.14. The van der Waals surface area contributed by atoms with Gasteiger partial charge in [0.25, 0.3) is 0 Å². The van der Waals surface area contributed by atoms with Crippen LogP contribution in [0, 0.1) is 0 Å². The molecule has 1 aromatic rings. The van der Waals surface area contributed by atoms with Crippen LogP contribution in [0.15, 0.2) is 29.3 Å². The van der Waals surface area contributed by atoms with Crippen LogP contribution < -0.4 is 15.8 Å². The summed E-state index contributed by atoms with van der Waals surface area (Å²) in [6.07, 6.45) is -4.43. The molecular weight excluding hydrogens is 426 g/mol. The molecular formula is C14H21F3IN3O2. The molecule has 23 heavy (non-hydrogen) atoms. The van der Waals surface area contributed by atoms with Gasteiger partial charge in [-0.15, -0.1) is 37.1 Å². The molecule has 0 saturated heterocycles. The predicted octanol–water partition coefficient (Wildman–Crippen LogP) is 2.68. The van der Waals surface area contributed by atoms with Gasteiger partial charge in [0.05, 0.1) is 6.61 Å². The van der Waals surface area contributed by atoms with Crippen LogP contribution >= 0.6 is 24.0 Å². The Morgan fingerprint density at radius 2 is 2.00 bits per heavy atom. The van der Waals surface area contributed by atoms with Gasteiger partial charge >= 0.3 is 6.36 Å². The fourth-order valence-corrected chi connectivity index (χ4v) is 1.82. The molecule has 5 nitrogen and oxygen atoms in total. The molecule has 9 heteroatoms. The summed E-state index contributed by atoms with van der Waals surface area (Å²) in [5, 5.41) is 2.91. The number of nitrogens with one attached hydrogen (secondary N) is 1. The molecule has 0 aliphatic rings. The topological polar surface area (TPSA) is 68.9 Å². The van der Waals surface area contributed by atoms with Gasteiger partial charge in [-0.05, 0) is 25.0 Å². The Bertz CT molecular complexity index is 498. The van der Waals surface area contributed by atoms with Crippen LogP contribution in [-0.4, -0.2) is 38.6 Å². The molecule has 1 atom stereocenters. The van der Waals surface area contributed by atoms with Gasteiger partial charge in [-0.2, -0.15) is 0 Å². The monoisotopic (exact) mass is 447 g/mol. The molecule has 0 fully saturated rings. The molecule has 0 saturated carbocycles. The first-order valence-electron chi connectivity index (χ1n) is 6.71.